The van der Waals surface area contributed by atoms with Crippen LogP contribution in [0, 0.1) is 0 Å². The molecule has 2 amide bonds. The van der Waals surface area contributed by atoms with Crippen LogP contribution in [0.2, 0.25) is 0 Å². The van der Waals surface area contributed by atoms with Gasteiger partial charge in [-0.15, -0.1) is 0 Å². The van der Waals surface area contributed by atoms with Crippen LogP contribution in [0.4, 0.5) is 4.79 Å². The summed E-state index contributed by atoms with van der Waals surface area (Å²) in [6, 6.07) is 0. The van der Waals surface area contributed by atoms with E-state index in [-0.39, 0.29) is 6.61 Å². The average Bonchev–Trinajstić information content (AvgIpc) is 2.25. The van der Waals surface area contributed by atoms with Gasteiger partial charge in [-0.05, 0) is 12.8 Å². The molecule has 0 saturated carbocycles. The molecule has 5 heteroatoms. The predicted octanol–water partition coefficient (Wildman–Crippen LogP) is 1.33. The molecule has 0 radical (unpaired) electrons. The average molecular weight is 228 g/mol. The predicted molar refractivity (Wildman–Crippen MR) is 61.8 cm³/mol. The van der Waals surface area contributed by atoms with E-state index < -0.39 is 12.0 Å². The van der Waals surface area contributed by atoms with Crippen molar-refractivity contribution in [3.05, 3.63) is 12.2 Å². The minimum atomic E-state index is -0.662. The number of carbonyl (C=O) groups is 2. The highest BCUT2D eigenvalue weighted by molar-refractivity contribution is 5.78. The smallest absolute Gasteiger partial charge is 0.407 e. The molecule has 0 aliphatic rings. The number of alkyl carbamates (subject to hydrolysis) is 1. The number of amides is 2. The molecule has 0 atom stereocenters. The van der Waals surface area contributed by atoms with Gasteiger partial charge in [0.05, 0.1) is 0 Å². The number of carbonyl (C=O) groups excluding carboxylic acids is 2. The maximum atomic E-state index is 10.9. The lowest BCUT2D eigenvalue weighted by atomic mass is 10.2. The summed E-state index contributed by atoms with van der Waals surface area (Å²) in [6.45, 7) is 2.18. The van der Waals surface area contributed by atoms with Gasteiger partial charge in [0.2, 0.25) is 0 Å². The molecule has 16 heavy (non-hydrogen) atoms. The number of rotatable bonds is 8. The largest absolute Gasteiger partial charge is 0.439 e. The number of allylic oxidation sites excluding steroid dienone is 1. The first-order valence-corrected chi connectivity index (χ1v) is 5.50. The van der Waals surface area contributed by atoms with Gasteiger partial charge in [0.25, 0.3) is 5.91 Å². The van der Waals surface area contributed by atoms with Crippen LogP contribution in [0.3, 0.4) is 0 Å². The van der Waals surface area contributed by atoms with Crippen LogP contribution < -0.4 is 11.1 Å². The Balaban J connectivity index is 3.36. The summed E-state index contributed by atoms with van der Waals surface area (Å²) in [7, 11) is 0. The van der Waals surface area contributed by atoms with Crippen molar-refractivity contribution in [1.82, 2.24) is 5.32 Å². The number of unbranched alkanes of at least 4 members (excludes halogenated alkanes) is 3. The standard InChI is InChI=1S/C11H20N2O3/c1-2-3-4-5-6-7-8-13-11(15)16-9-10(12)14/h6-7H,2-5,8-9H2,1H3,(H2,12,14)(H,13,15)/b7-6+. The molecular formula is C11H20N2O3. The first-order valence-electron chi connectivity index (χ1n) is 5.50. The van der Waals surface area contributed by atoms with E-state index in [1.54, 1.807) is 0 Å². The Labute approximate surface area is 96.0 Å². The van der Waals surface area contributed by atoms with Gasteiger partial charge >= 0.3 is 6.09 Å². The third kappa shape index (κ3) is 10.6. The number of nitrogens with one attached hydrogen (secondary N) is 1. The summed E-state index contributed by atoms with van der Waals surface area (Å²) in [6.07, 6.45) is 7.86. The lowest BCUT2D eigenvalue weighted by Crippen LogP contribution is -2.28. The van der Waals surface area contributed by atoms with Crippen molar-refractivity contribution in [2.24, 2.45) is 5.73 Å². The van der Waals surface area contributed by atoms with Crippen molar-refractivity contribution in [1.29, 1.82) is 0 Å². The Morgan fingerprint density at radius 3 is 2.69 bits per heavy atom. The molecule has 0 aromatic rings. The zero-order valence-electron chi connectivity index (χ0n) is 9.70. The van der Waals surface area contributed by atoms with Crippen molar-refractivity contribution in [2.45, 2.75) is 32.6 Å². The molecular weight excluding hydrogens is 208 g/mol. The Bertz CT molecular complexity index is 239. The van der Waals surface area contributed by atoms with Gasteiger partial charge in [-0.25, -0.2) is 4.79 Å². The molecule has 0 saturated heterocycles. The molecule has 0 aromatic carbocycles. The maximum Gasteiger partial charge on any atom is 0.407 e. The third-order valence-electron chi connectivity index (χ3n) is 1.85. The Morgan fingerprint density at radius 2 is 2.06 bits per heavy atom. The summed E-state index contributed by atoms with van der Waals surface area (Å²) < 4.78 is 4.49. The van der Waals surface area contributed by atoms with Gasteiger partial charge in [-0.3, -0.25) is 4.79 Å². The minimum absolute atomic E-state index is 0.383. The first-order chi connectivity index (χ1) is 7.66. The van der Waals surface area contributed by atoms with Crippen LogP contribution in [0.15, 0.2) is 12.2 Å². The van der Waals surface area contributed by atoms with Crippen molar-refractivity contribution in [2.75, 3.05) is 13.2 Å². The maximum absolute atomic E-state index is 10.9. The quantitative estimate of drug-likeness (QED) is 0.486. The van der Waals surface area contributed by atoms with Crippen LogP contribution in [0.5, 0.6) is 0 Å². The fourth-order valence-corrected chi connectivity index (χ4v) is 1.04. The van der Waals surface area contributed by atoms with Crippen molar-refractivity contribution in [3.8, 4) is 0 Å². The Kier molecular flexibility index (Phi) is 9.06. The van der Waals surface area contributed by atoms with Crippen molar-refractivity contribution < 1.29 is 14.3 Å². The second kappa shape index (κ2) is 10.0. The summed E-state index contributed by atoms with van der Waals surface area (Å²) in [5.41, 5.74) is 4.81. The summed E-state index contributed by atoms with van der Waals surface area (Å²) >= 11 is 0. The number of hydrogen-bond donors (Lipinski definition) is 2. The SMILES string of the molecule is CCCCC/C=C/CNC(=O)OCC(N)=O. The molecule has 3 N–H and O–H groups in total. The second-order valence-electron chi connectivity index (χ2n) is 3.39. The monoisotopic (exact) mass is 228 g/mol. The van der Waals surface area contributed by atoms with Gasteiger partial charge < -0.3 is 15.8 Å². The van der Waals surface area contributed by atoms with Crippen molar-refractivity contribution >= 4 is 12.0 Å². The second-order valence-corrected chi connectivity index (χ2v) is 3.39. The number of hydrogen-bond acceptors (Lipinski definition) is 3. The van der Waals surface area contributed by atoms with E-state index in [1.165, 1.54) is 19.3 Å². The van der Waals surface area contributed by atoms with E-state index in [9.17, 15) is 9.59 Å². The van der Waals surface area contributed by atoms with Crippen LogP contribution in [-0.2, 0) is 9.53 Å². The Morgan fingerprint density at radius 1 is 1.31 bits per heavy atom. The highest BCUT2D eigenvalue weighted by atomic mass is 16.6. The summed E-state index contributed by atoms with van der Waals surface area (Å²) in [5.74, 6) is -0.662. The van der Waals surface area contributed by atoms with Crippen molar-refractivity contribution in [3.63, 3.8) is 0 Å². The number of nitrogens with two attached hydrogens (primary N) is 1. The van der Waals surface area contributed by atoms with Crippen LogP contribution in [0.25, 0.3) is 0 Å². The highest BCUT2D eigenvalue weighted by Gasteiger charge is 2.01. The molecule has 0 unspecified atom stereocenters. The number of ether oxygens (including phenoxy) is 1. The molecule has 0 bridgehead atoms. The molecule has 0 rings (SSSR count). The molecule has 0 heterocycles. The zero-order valence-corrected chi connectivity index (χ0v) is 9.70. The highest BCUT2D eigenvalue weighted by Crippen LogP contribution is 1.98. The van der Waals surface area contributed by atoms with Crippen LogP contribution in [-0.4, -0.2) is 25.2 Å². The third-order valence-corrected chi connectivity index (χ3v) is 1.85. The van der Waals surface area contributed by atoms with E-state index in [0.717, 1.165) is 6.42 Å². The van der Waals surface area contributed by atoms with Gasteiger partial charge in [-0.2, -0.15) is 0 Å². The minimum Gasteiger partial charge on any atom is -0.439 e. The molecule has 92 valence electrons. The van der Waals surface area contributed by atoms with Gasteiger partial charge in [-0.1, -0.05) is 31.9 Å². The van der Waals surface area contributed by atoms with E-state index in [4.69, 9.17) is 5.73 Å². The normalized spacial score (nSPS) is 10.3. The number of primary amides is 1. The van der Waals surface area contributed by atoms with E-state index in [2.05, 4.69) is 17.0 Å². The lowest BCUT2D eigenvalue weighted by molar-refractivity contribution is -0.120. The fraction of sp³-hybridized carbons (Fsp3) is 0.636. The lowest BCUT2D eigenvalue weighted by Gasteiger charge is -2.02. The summed E-state index contributed by atoms with van der Waals surface area (Å²) in [5, 5.41) is 2.47. The molecule has 0 aromatic heterocycles. The summed E-state index contributed by atoms with van der Waals surface area (Å²) in [4.78, 5) is 21.2. The van der Waals surface area contributed by atoms with E-state index >= 15 is 0 Å². The van der Waals surface area contributed by atoms with E-state index in [1.807, 2.05) is 12.2 Å². The van der Waals surface area contributed by atoms with Gasteiger partial charge in [0.15, 0.2) is 6.61 Å². The Hall–Kier alpha value is -1.52. The van der Waals surface area contributed by atoms with Gasteiger partial charge in [0.1, 0.15) is 0 Å². The molecule has 0 aliphatic carbocycles. The fourth-order valence-electron chi connectivity index (χ4n) is 1.04. The van der Waals surface area contributed by atoms with Crippen LogP contribution in [0.1, 0.15) is 32.6 Å². The molecule has 0 fully saturated rings. The molecule has 0 spiro atoms. The van der Waals surface area contributed by atoms with E-state index in [0.29, 0.717) is 6.54 Å². The molecule has 0 aliphatic heterocycles. The first kappa shape index (κ1) is 14.5. The van der Waals surface area contributed by atoms with Crippen LogP contribution >= 0.6 is 0 Å². The topological polar surface area (TPSA) is 81.4 Å². The zero-order chi connectivity index (χ0) is 12.2. The van der Waals surface area contributed by atoms with Gasteiger partial charge in [0, 0.05) is 6.54 Å². The molecule has 5 nitrogen and oxygen atoms in total.